The molecule has 4 nitrogen and oxygen atoms in total. The van der Waals surface area contributed by atoms with Crippen LogP contribution in [0.4, 0.5) is 0 Å². The Morgan fingerprint density at radius 1 is 0.595 bits per heavy atom. The van der Waals surface area contributed by atoms with Crippen molar-refractivity contribution in [2.75, 3.05) is 6.61 Å². The van der Waals surface area contributed by atoms with E-state index in [-0.39, 0.29) is 13.0 Å². The van der Waals surface area contributed by atoms with Crippen LogP contribution in [-0.2, 0) is 40.3 Å². The molecule has 192 valence electrons. The van der Waals surface area contributed by atoms with Gasteiger partial charge in [0.05, 0.1) is 25.9 Å². The molecule has 4 aromatic rings. The average Bonchev–Trinajstić information content (AvgIpc) is 2.97. The third kappa shape index (κ3) is 11.4. The summed E-state index contributed by atoms with van der Waals surface area (Å²) in [4.78, 5) is 10.8. The first-order valence-corrected chi connectivity index (χ1v) is 12.7. The van der Waals surface area contributed by atoms with Gasteiger partial charge in [0.25, 0.3) is 0 Å². The Morgan fingerprint density at radius 3 is 1.43 bits per heavy atom. The van der Waals surface area contributed by atoms with E-state index in [1.807, 2.05) is 60.7 Å². The van der Waals surface area contributed by atoms with E-state index in [1.54, 1.807) is 0 Å². The Bertz CT molecular complexity index is 1060. The lowest BCUT2D eigenvalue weighted by Gasteiger charge is -2.21. The van der Waals surface area contributed by atoms with Crippen molar-refractivity contribution in [2.45, 2.75) is 44.7 Å². The molecule has 0 aliphatic rings. The van der Waals surface area contributed by atoms with Gasteiger partial charge in [-0.15, -0.1) is 0 Å². The van der Waals surface area contributed by atoms with E-state index >= 15 is 0 Å². The van der Waals surface area contributed by atoms with Crippen molar-refractivity contribution >= 4 is 6.29 Å². The molecule has 0 heterocycles. The molecule has 0 aliphatic heterocycles. The van der Waals surface area contributed by atoms with E-state index in [4.69, 9.17) is 9.47 Å². The van der Waals surface area contributed by atoms with Crippen molar-refractivity contribution in [2.24, 2.45) is 0 Å². The number of carbonyl (C=O) groups is 1. The smallest absolute Gasteiger partial charge is 0.122 e. The molecule has 4 aromatic carbocycles. The predicted molar refractivity (Wildman–Crippen MR) is 148 cm³/mol. The number of carbonyl (C=O) groups excluding carboxylic acids is 1. The highest BCUT2D eigenvalue weighted by atomic mass is 16.5. The van der Waals surface area contributed by atoms with Crippen LogP contribution >= 0.6 is 0 Å². The van der Waals surface area contributed by atoms with Gasteiger partial charge in [0.15, 0.2) is 0 Å². The van der Waals surface area contributed by atoms with Gasteiger partial charge in [-0.25, -0.2) is 0 Å². The van der Waals surface area contributed by atoms with Crippen LogP contribution in [0, 0.1) is 0 Å². The minimum Gasteiger partial charge on any atom is -0.388 e. The Morgan fingerprint density at radius 2 is 1.00 bits per heavy atom. The summed E-state index contributed by atoms with van der Waals surface area (Å²) in [5.74, 6) is 0. The fourth-order valence-electron chi connectivity index (χ4n) is 3.77. The largest absolute Gasteiger partial charge is 0.388 e. The van der Waals surface area contributed by atoms with E-state index in [0.29, 0.717) is 13.2 Å². The number of hydrogen-bond acceptors (Lipinski definition) is 4. The number of aldehydes is 1. The van der Waals surface area contributed by atoms with E-state index in [9.17, 15) is 9.90 Å². The molecule has 4 rings (SSSR count). The van der Waals surface area contributed by atoms with E-state index < -0.39 is 12.2 Å². The second-order valence-electron chi connectivity index (χ2n) is 8.78. The van der Waals surface area contributed by atoms with E-state index in [2.05, 4.69) is 60.7 Å². The topological polar surface area (TPSA) is 55.8 Å². The number of aliphatic hydroxyl groups is 1. The molecule has 0 saturated heterocycles. The standard InChI is InChI=1S/C19H22O4.C14H14/c20-12-11-19(23-14-17-9-5-2-6-10-17)18(21)15-22-13-16-7-3-1-4-8-16;1-3-7-13(8-4-1)11-12-14-9-5-2-6-10-14/h1-10,12,18-19,21H,11,13-15H2;1-10H,11-12H2/t18-,19-;/m0./s1. The van der Waals surface area contributed by atoms with Gasteiger partial charge < -0.3 is 19.4 Å². The van der Waals surface area contributed by atoms with Crippen LogP contribution in [0.5, 0.6) is 0 Å². The van der Waals surface area contributed by atoms with E-state index in [0.717, 1.165) is 30.3 Å². The molecule has 0 bridgehead atoms. The summed E-state index contributed by atoms with van der Waals surface area (Å²) in [6.45, 7) is 0.904. The fraction of sp³-hybridized carbons (Fsp3) is 0.242. The Kier molecular flexibility index (Phi) is 12.9. The van der Waals surface area contributed by atoms with Gasteiger partial charge in [0.2, 0.25) is 0 Å². The summed E-state index contributed by atoms with van der Waals surface area (Å²) in [6, 6.07) is 40.6. The summed E-state index contributed by atoms with van der Waals surface area (Å²) in [7, 11) is 0. The Balaban J connectivity index is 0.000000231. The number of rotatable bonds is 13. The minimum absolute atomic E-state index is 0.127. The number of benzene rings is 4. The summed E-state index contributed by atoms with van der Waals surface area (Å²) >= 11 is 0. The highest BCUT2D eigenvalue weighted by molar-refractivity contribution is 5.50. The first kappa shape index (κ1) is 28.0. The van der Waals surface area contributed by atoms with Gasteiger partial charge in [-0.05, 0) is 35.1 Å². The van der Waals surface area contributed by atoms with Crippen LogP contribution in [0.25, 0.3) is 0 Å². The molecule has 2 atom stereocenters. The Hall–Kier alpha value is -3.57. The molecule has 0 aromatic heterocycles. The number of hydrogen-bond donors (Lipinski definition) is 1. The third-order valence-corrected chi connectivity index (χ3v) is 5.85. The average molecular weight is 497 g/mol. The van der Waals surface area contributed by atoms with Crippen LogP contribution in [0.1, 0.15) is 28.7 Å². The maximum absolute atomic E-state index is 10.8. The van der Waals surface area contributed by atoms with Crippen LogP contribution in [0.2, 0.25) is 0 Å². The predicted octanol–water partition coefficient (Wildman–Crippen LogP) is 6.21. The lowest BCUT2D eigenvalue weighted by atomic mass is 10.0. The quantitative estimate of drug-likeness (QED) is 0.224. The number of aryl methyl sites for hydroxylation is 2. The maximum atomic E-state index is 10.8. The highest BCUT2D eigenvalue weighted by Crippen LogP contribution is 2.11. The summed E-state index contributed by atoms with van der Waals surface area (Å²) < 4.78 is 11.2. The van der Waals surface area contributed by atoms with Gasteiger partial charge >= 0.3 is 0 Å². The molecule has 0 amide bonds. The van der Waals surface area contributed by atoms with Crippen molar-refractivity contribution in [3.63, 3.8) is 0 Å². The van der Waals surface area contributed by atoms with Gasteiger partial charge in [0.1, 0.15) is 12.4 Å². The second-order valence-corrected chi connectivity index (χ2v) is 8.78. The molecule has 0 spiro atoms. The molecule has 0 radical (unpaired) electrons. The van der Waals surface area contributed by atoms with Crippen molar-refractivity contribution in [3.05, 3.63) is 144 Å². The van der Waals surface area contributed by atoms with Gasteiger partial charge in [0, 0.05) is 6.42 Å². The molecule has 4 heteroatoms. The van der Waals surface area contributed by atoms with Crippen LogP contribution in [0.15, 0.2) is 121 Å². The molecule has 0 fully saturated rings. The normalized spacial score (nSPS) is 12.1. The minimum atomic E-state index is -0.840. The molecule has 0 saturated carbocycles. The molecule has 0 unspecified atom stereocenters. The van der Waals surface area contributed by atoms with Crippen LogP contribution in [0.3, 0.4) is 0 Å². The first-order chi connectivity index (χ1) is 18.2. The van der Waals surface area contributed by atoms with Crippen molar-refractivity contribution < 1.29 is 19.4 Å². The fourth-order valence-corrected chi connectivity index (χ4v) is 3.77. The van der Waals surface area contributed by atoms with Crippen LogP contribution < -0.4 is 0 Å². The SMILES string of the molecule is O=CC[C@H](OCc1ccccc1)[C@@H](O)COCc1ccccc1.c1ccc(CCc2ccccc2)cc1. The molecule has 37 heavy (non-hydrogen) atoms. The molecule has 0 aliphatic carbocycles. The zero-order chi connectivity index (χ0) is 26.0. The number of aliphatic hydroxyl groups excluding tert-OH is 1. The summed E-state index contributed by atoms with van der Waals surface area (Å²) in [5, 5.41) is 10.2. The van der Waals surface area contributed by atoms with E-state index in [1.165, 1.54) is 11.1 Å². The van der Waals surface area contributed by atoms with Crippen molar-refractivity contribution in [3.8, 4) is 0 Å². The lowest BCUT2D eigenvalue weighted by molar-refractivity contribution is -0.117. The van der Waals surface area contributed by atoms with Gasteiger partial charge in [-0.1, -0.05) is 121 Å². The van der Waals surface area contributed by atoms with Crippen molar-refractivity contribution in [1.29, 1.82) is 0 Å². The zero-order valence-corrected chi connectivity index (χ0v) is 21.2. The van der Waals surface area contributed by atoms with Crippen LogP contribution in [-0.4, -0.2) is 30.2 Å². The van der Waals surface area contributed by atoms with Gasteiger partial charge in [-0.2, -0.15) is 0 Å². The molecular formula is C33H36O4. The third-order valence-electron chi connectivity index (χ3n) is 5.85. The zero-order valence-electron chi connectivity index (χ0n) is 21.2. The number of ether oxygens (including phenoxy) is 2. The summed E-state index contributed by atoms with van der Waals surface area (Å²) in [6.07, 6.45) is 1.75. The maximum Gasteiger partial charge on any atom is 0.122 e. The summed E-state index contributed by atoms with van der Waals surface area (Å²) in [5.41, 5.74) is 4.87. The molecule has 1 N–H and O–H groups in total. The lowest BCUT2D eigenvalue weighted by Crippen LogP contribution is -2.33. The molecular weight excluding hydrogens is 460 g/mol. The van der Waals surface area contributed by atoms with Gasteiger partial charge in [-0.3, -0.25) is 0 Å². The second kappa shape index (κ2) is 17.0. The monoisotopic (exact) mass is 496 g/mol. The van der Waals surface area contributed by atoms with Crippen molar-refractivity contribution in [1.82, 2.24) is 0 Å². The first-order valence-electron chi connectivity index (χ1n) is 12.7. The highest BCUT2D eigenvalue weighted by Gasteiger charge is 2.20. The Labute approximate surface area is 220 Å².